The summed E-state index contributed by atoms with van der Waals surface area (Å²) in [5.74, 6) is -2.36. The molecule has 1 aromatic heterocycles. The zero-order chi connectivity index (χ0) is 16.0. The molecule has 1 atom stereocenters. The number of aliphatic carboxylic acids is 2. The molecule has 9 heteroatoms. The van der Waals surface area contributed by atoms with Crippen LogP contribution in [0, 0.1) is 0 Å². The van der Waals surface area contributed by atoms with E-state index in [1.54, 1.807) is 7.05 Å². The fourth-order valence-electron chi connectivity index (χ4n) is 1.53. The van der Waals surface area contributed by atoms with Crippen LogP contribution in [0.15, 0.2) is 15.9 Å². The van der Waals surface area contributed by atoms with Gasteiger partial charge in [0, 0.05) is 28.2 Å². The van der Waals surface area contributed by atoms with Crippen LogP contribution in [0.4, 0.5) is 4.79 Å². The molecule has 0 aliphatic heterocycles. The van der Waals surface area contributed by atoms with Crippen LogP contribution >= 0.6 is 27.3 Å². The molecule has 0 bridgehead atoms. The first-order chi connectivity index (χ1) is 9.79. The van der Waals surface area contributed by atoms with Gasteiger partial charge in [0.05, 0.1) is 6.54 Å². The first-order valence-corrected chi connectivity index (χ1v) is 7.66. The minimum Gasteiger partial charge on any atom is -0.481 e. The maximum atomic E-state index is 11.9. The second-order valence-electron chi connectivity index (χ2n) is 4.36. The van der Waals surface area contributed by atoms with E-state index in [1.807, 2.05) is 11.4 Å². The van der Waals surface area contributed by atoms with Crippen LogP contribution in [0.3, 0.4) is 0 Å². The number of carboxylic acid groups (broad SMARTS) is 2. The number of carboxylic acids is 2. The Morgan fingerprint density at radius 2 is 2.10 bits per heavy atom. The Kier molecular flexibility index (Phi) is 6.63. The molecule has 0 saturated carbocycles. The molecule has 0 fully saturated rings. The number of amides is 2. The Morgan fingerprint density at radius 1 is 1.43 bits per heavy atom. The monoisotopic (exact) mass is 378 g/mol. The van der Waals surface area contributed by atoms with Gasteiger partial charge in [0.25, 0.3) is 0 Å². The van der Waals surface area contributed by atoms with Crippen molar-refractivity contribution in [2.75, 3.05) is 7.05 Å². The summed E-state index contributed by atoms with van der Waals surface area (Å²) in [4.78, 5) is 35.7. The quantitative estimate of drug-likeness (QED) is 0.672. The van der Waals surface area contributed by atoms with Crippen molar-refractivity contribution in [1.82, 2.24) is 10.2 Å². The summed E-state index contributed by atoms with van der Waals surface area (Å²) in [6, 6.07) is 0.0940. The second-order valence-corrected chi connectivity index (χ2v) is 6.27. The van der Waals surface area contributed by atoms with Gasteiger partial charge in [-0.1, -0.05) is 0 Å². The highest BCUT2D eigenvalue weighted by atomic mass is 79.9. The predicted octanol–water partition coefficient (Wildman–Crippen LogP) is 1.97. The molecule has 1 heterocycles. The Labute approximate surface area is 133 Å². The number of nitrogens with one attached hydrogen (secondary N) is 1. The van der Waals surface area contributed by atoms with Crippen molar-refractivity contribution in [2.45, 2.75) is 25.4 Å². The highest BCUT2D eigenvalue weighted by Gasteiger charge is 2.22. The maximum absolute atomic E-state index is 11.9. The van der Waals surface area contributed by atoms with Crippen molar-refractivity contribution in [2.24, 2.45) is 0 Å². The number of rotatable bonds is 7. The average Bonchev–Trinajstić information content (AvgIpc) is 2.78. The van der Waals surface area contributed by atoms with Crippen molar-refractivity contribution in [1.29, 1.82) is 0 Å². The Hall–Kier alpha value is -1.61. The summed E-state index contributed by atoms with van der Waals surface area (Å²) in [7, 11) is 1.54. The van der Waals surface area contributed by atoms with Gasteiger partial charge in [-0.2, -0.15) is 0 Å². The van der Waals surface area contributed by atoms with Crippen LogP contribution in [-0.4, -0.2) is 46.2 Å². The van der Waals surface area contributed by atoms with Gasteiger partial charge in [0.15, 0.2) is 0 Å². The molecule has 0 spiro atoms. The molecule has 2 amide bonds. The van der Waals surface area contributed by atoms with E-state index in [0.717, 1.165) is 9.35 Å². The van der Waals surface area contributed by atoms with Gasteiger partial charge in [-0.15, -0.1) is 11.3 Å². The molecule has 3 N–H and O–H groups in total. The van der Waals surface area contributed by atoms with Crippen LogP contribution in [0.5, 0.6) is 0 Å². The lowest BCUT2D eigenvalue weighted by molar-refractivity contribution is -0.140. The second kappa shape index (κ2) is 7.99. The lowest BCUT2D eigenvalue weighted by atomic mass is 10.1. The van der Waals surface area contributed by atoms with Crippen LogP contribution in [0.1, 0.15) is 17.7 Å². The average molecular weight is 379 g/mol. The number of urea groups is 1. The molecule has 7 nitrogen and oxygen atoms in total. The molecule has 0 unspecified atom stereocenters. The molecular formula is C12H15BrN2O5S. The van der Waals surface area contributed by atoms with Crippen molar-refractivity contribution >= 4 is 45.2 Å². The van der Waals surface area contributed by atoms with E-state index < -0.39 is 24.0 Å². The zero-order valence-electron chi connectivity index (χ0n) is 11.2. The van der Waals surface area contributed by atoms with E-state index in [1.165, 1.54) is 16.2 Å². The SMILES string of the molecule is CN(Cc1cc(Br)cs1)C(=O)N[C@@H](CCC(=O)O)C(=O)O. The van der Waals surface area contributed by atoms with Crippen LogP contribution in [-0.2, 0) is 16.1 Å². The van der Waals surface area contributed by atoms with Gasteiger partial charge in [-0.3, -0.25) is 4.79 Å². The van der Waals surface area contributed by atoms with Gasteiger partial charge in [-0.25, -0.2) is 9.59 Å². The van der Waals surface area contributed by atoms with E-state index in [0.29, 0.717) is 6.54 Å². The van der Waals surface area contributed by atoms with Crippen molar-refractivity contribution in [3.63, 3.8) is 0 Å². The van der Waals surface area contributed by atoms with E-state index in [4.69, 9.17) is 10.2 Å². The fourth-order valence-corrected chi connectivity index (χ4v) is 3.03. The van der Waals surface area contributed by atoms with E-state index in [-0.39, 0.29) is 12.8 Å². The number of thiophene rings is 1. The molecule has 0 aliphatic carbocycles. The van der Waals surface area contributed by atoms with Crippen molar-refractivity contribution < 1.29 is 24.6 Å². The molecular weight excluding hydrogens is 364 g/mol. The van der Waals surface area contributed by atoms with Gasteiger partial charge >= 0.3 is 18.0 Å². The number of nitrogens with zero attached hydrogens (tertiary/aromatic N) is 1. The first-order valence-electron chi connectivity index (χ1n) is 5.98. The van der Waals surface area contributed by atoms with Crippen LogP contribution < -0.4 is 5.32 Å². The third-order valence-electron chi connectivity index (χ3n) is 2.60. The predicted molar refractivity (Wildman–Crippen MR) is 80.3 cm³/mol. The fraction of sp³-hybridized carbons (Fsp3) is 0.417. The van der Waals surface area contributed by atoms with Crippen molar-refractivity contribution in [3.8, 4) is 0 Å². The molecule has 116 valence electrons. The van der Waals surface area contributed by atoms with Crippen LogP contribution in [0.25, 0.3) is 0 Å². The molecule has 1 aromatic rings. The third-order valence-corrected chi connectivity index (χ3v) is 4.29. The minimum absolute atomic E-state index is 0.158. The minimum atomic E-state index is -1.25. The normalized spacial score (nSPS) is 11.7. The van der Waals surface area contributed by atoms with E-state index in [9.17, 15) is 14.4 Å². The molecule has 0 radical (unpaired) electrons. The third kappa shape index (κ3) is 6.13. The number of carbonyl (C=O) groups excluding carboxylic acids is 1. The molecule has 0 aromatic carbocycles. The highest BCUT2D eigenvalue weighted by molar-refractivity contribution is 9.10. The number of carbonyl (C=O) groups is 3. The van der Waals surface area contributed by atoms with Gasteiger partial charge in [0.1, 0.15) is 6.04 Å². The summed E-state index contributed by atoms with van der Waals surface area (Å²) in [5.41, 5.74) is 0. The van der Waals surface area contributed by atoms with Gasteiger partial charge < -0.3 is 20.4 Å². The summed E-state index contributed by atoms with van der Waals surface area (Å²) < 4.78 is 0.918. The zero-order valence-corrected chi connectivity index (χ0v) is 13.6. The molecule has 21 heavy (non-hydrogen) atoms. The Bertz CT molecular complexity index is 533. The van der Waals surface area contributed by atoms with Crippen molar-refractivity contribution in [3.05, 3.63) is 20.8 Å². The van der Waals surface area contributed by atoms with Gasteiger partial charge in [0.2, 0.25) is 0 Å². The van der Waals surface area contributed by atoms with Gasteiger partial charge in [-0.05, 0) is 28.4 Å². The Balaban J connectivity index is 2.55. The molecule has 0 saturated heterocycles. The molecule has 0 aliphatic rings. The van der Waals surface area contributed by atoms with Crippen LogP contribution in [0.2, 0.25) is 0 Å². The maximum Gasteiger partial charge on any atom is 0.326 e. The standard InChI is InChI=1S/C12H15BrN2O5S/c1-15(5-8-4-7(13)6-21-8)12(20)14-9(11(18)19)2-3-10(16)17/h4,6,9H,2-3,5H2,1H3,(H,14,20)(H,16,17)(H,18,19)/t9-/m0/s1. The number of hydrogen-bond donors (Lipinski definition) is 3. The number of hydrogen-bond acceptors (Lipinski definition) is 4. The number of halogens is 1. The topological polar surface area (TPSA) is 107 Å². The highest BCUT2D eigenvalue weighted by Crippen LogP contribution is 2.20. The summed E-state index contributed by atoms with van der Waals surface area (Å²) in [5, 5.41) is 21.7. The lowest BCUT2D eigenvalue weighted by Crippen LogP contribution is -2.46. The first kappa shape index (κ1) is 17.4. The largest absolute Gasteiger partial charge is 0.481 e. The summed E-state index contributed by atoms with van der Waals surface area (Å²) >= 11 is 4.78. The summed E-state index contributed by atoms with van der Waals surface area (Å²) in [6.45, 7) is 0.341. The van der Waals surface area contributed by atoms with E-state index in [2.05, 4.69) is 21.2 Å². The molecule has 1 rings (SSSR count). The summed E-state index contributed by atoms with van der Waals surface area (Å²) in [6.07, 6.45) is -0.479. The van der Waals surface area contributed by atoms with E-state index >= 15 is 0 Å². The lowest BCUT2D eigenvalue weighted by Gasteiger charge is -2.20. The smallest absolute Gasteiger partial charge is 0.326 e. The Morgan fingerprint density at radius 3 is 2.57 bits per heavy atom.